The first-order valence-electron chi connectivity index (χ1n) is 4.13. The van der Waals surface area contributed by atoms with Crippen LogP contribution in [0.1, 0.15) is 5.56 Å². The zero-order valence-corrected chi connectivity index (χ0v) is 7.99. The predicted molar refractivity (Wildman–Crippen MR) is 48.8 cm³/mol. The summed E-state index contributed by atoms with van der Waals surface area (Å²) in [6.45, 7) is 0. The zero-order chi connectivity index (χ0) is 11.4. The summed E-state index contributed by atoms with van der Waals surface area (Å²) in [5.74, 6) is -3.06. The molecule has 80 valence electrons. The Morgan fingerprint density at radius 2 is 2.13 bits per heavy atom. The fraction of sp³-hybridized carbons (Fsp3) is 0.200. The molecule has 1 rings (SSSR count). The van der Waals surface area contributed by atoms with Crippen LogP contribution in [-0.2, 0) is 20.7 Å². The van der Waals surface area contributed by atoms with Crippen molar-refractivity contribution in [3.63, 3.8) is 0 Å². The molecule has 4 nitrogen and oxygen atoms in total. The van der Waals surface area contributed by atoms with Crippen molar-refractivity contribution in [2.45, 2.75) is 6.42 Å². The number of ketones is 1. The summed E-state index contributed by atoms with van der Waals surface area (Å²) in [5, 5.41) is 8.88. The third-order valence-corrected chi connectivity index (χ3v) is 1.79. The standard InChI is InChI=1S/C10H9FO4/c1-15-10(14)9(13)5-6-2-3-8(12)7(11)4-6/h2-4,12H,5H2,1H3. The molecular weight excluding hydrogens is 203 g/mol. The quantitative estimate of drug-likeness (QED) is 0.595. The number of carbonyl (C=O) groups is 2. The minimum Gasteiger partial charge on any atom is -0.505 e. The van der Waals surface area contributed by atoms with E-state index in [0.717, 1.165) is 19.2 Å². The molecule has 0 aliphatic heterocycles. The summed E-state index contributed by atoms with van der Waals surface area (Å²) >= 11 is 0. The van der Waals surface area contributed by atoms with Crippen molar-refractivity contribution in [1.29, 1.82) is 0 Å². The molecule has 0 amide bonds. The summed E-state index contributed by atoms with van der Waals surface area (Å²) < 4.78 is 17.0. The molecule has 15 heavy (non-hydrogen) atoms. The number of phenols is 1. The van der Waals surface area contributed by atoms with E-state index in [4.69, 9.17) is 5.11 Å². The van der Waals surface area contributed by atoms with Crippen molar-refractivity contribution >= 4 is 11.8 Å². The van der Waals surface area contributed by atoms with E-state index >= 15 is 0 Å². The van der Waals surface area contributed by atoms with Crippen LogP contribution in [0.4, 0.5) is 4.39 Å². The average Bonchev–Trinajstić information content (AvgIpc) is 2.22. The van der Waals surface area contributed by atoms with E-state index in [1.807, 2.05) is 0 Å². The molecule has 0 heterocycles. The first-order chi connectivity index (χ1) is 7.04. The predicted octanol–water partition coefficient (Wildman–Crippen LogP) is 0.816. The van der Waals surface area contributed by atoms with Crippen LogP contribution in [0.5, 0.6) is 5.75 Å². The summed E-state index contributed by atoms with van der Waals surface area (Å²) in [6.07, 6.45) is -0.246. The molecule has 0 aliphatic carbocycles. The van der Waals surface area contributed by atoms with Crippen LogP contribution in [0.3, 0.4) is 0 Å². The lowest BCUT2D eigenvalue weighted by Gasteiger charge is -2.01. The normalized spacial score (nSPS) is 9.73. The largest absolute Gasteiger partial charge is 0.505 e. The van der Waals surface area contributed by atoms with Crippen LogP contribution in [0.25, 0.3) is 0 Å². The first kappa shape index (κ1) is 11.2. The summed E-state index contributed by atoms with van der Waals surface area (Å²) in [6, 6.07) is 3.48. The molecule has 0 aromatic heterocycles. The van der Waals surface area contributed by atoms with E-state index in [-0.39, 0.29) is 6.42 Å². The van der Waals surface area contributed by atoms with Gasteiger partial charge in [-0.1, -0.05) is 6.07 Å². The average molecular weight is 212 g/mol. The van der Waals surface area contributed by atoms with Gasteiger partial charge in [-0.3, -0.25) is 4.79 Å². The molecule has 0 unspecified atom stereocenters. The lowest BCUT2D eigenvalue weighted by molar-refractivity contribution is -0.151. The Morgan fingerprint density at radius 3 is 2.67 bits per heavy atom. The first-order valence-corrected chi connectivity index (χ1v) is 4.13. The van der Waals surface area contributed by atoms with Gasteiger partial charge >= 0.3 is 5.97 Å². The highest BCUT2D eigenvalue weighted by molar-refractivity contribution is 6.34. The van der Waals surface area contributed by atoms with Crippen molar-refractivity contribution in [2.24, 2.45) is 0 Å². The molecule has 5 heteroatoms. The lowest BCUT2D eigenvalue weighted by Crippen LogP contribution is -2.17. The highest BCUT2D eigenvalue weighted by Gasteiger charge is 2.15. The van der Waals surface area contributed by atoms with E-state index < -0.39 is 23.3 Å². The second kappa shape index (κ2) is 4.54. The van der Waals surface area contributed by atoms with Crippen molar-refractivity contribution < 1.29 is 23.8 Å². The second-order valence-electron chi connectivity index (χ2n) is 2.88. The van der Waals surface area contributed by atoms with Gasteiger partial charge in [0.25, 0.3) is 0 Å². The fourth-order valence-corrected chi connectivity index (χ4v) is 1.03. The number of hydrogen-bond acceptors (Lipinski definition) is 4. The number of esters is 1. The van der Waals surface area contributed by atoms with Gasteiger partial charge in [0, 0.05) is 6.42 Å². The Kier molecular flexibility index (Phi) is 3.38. The third-order valence-electron chi connectivity index (χ3n) is 1.79. The molecule has 1 aromatic rings. The maximum Gasteiger partial charge on any atom is 0.374 e. The van der Waals surface area contributed by atoms with Gasteiger partial charge in [-0.25, -0.2) is 9.18 Å². The zero-order valence-electron chi connectivity index (χ0n) is 7.99. The molecule has 0 atom stereocenters. The number of aromatic hydroxyl groups is 1. The van der Waals surface area contributed by atoms with Crippen molar-refractivity contribution in [3.05, 3.63) is 29.6 Å². The van der Waals surface area contributed by atoms with E-state index in [2.05, 4.69) is 4.74 Å². The van der Waals surface area contributed by atoms with E-state index in [9.17, 15) is 14.0 Å². The minimum absolute atomic E-state index is 0.246. The number of halogens is 1. The molecule has 0 saturated heterocycles. The van der Waals surface area contributed by atoms with Crippen LogP contribution < -0.4 is 0 Å². The Labute approximate surface area is 85.3 Å². The lowest BCUT2D eigenvalue weighted by atomic mass is 10.1. The number of carbonyl (C=O) groups excluding carboxylic acids is 2. The van der Waals surface area contributed by atoms with Gasteiger partial charge in [0.1, 0.15) is 0 Å². The molecule has 0 saturated carbocycles. The molecule has 0 spiro atoms. The number of benzene rings is 1. The molecular formula is C10H9FO4. The highest BCUT2D eigenvalue weighted by Crippen LogP contribution is 2.16. The SMILES string of the molecule is COC(=O)C(=O)Cc1ccc(O)c(F)c1. The van der Waals surface area contributed by atoms with Gasteiger partial charge in [-0.05, 0) is 17.7 Å². The highest BCUT2D eigenvalue weighted by atomic mass is 19.1. The van der Waals surface area contributed by atoms with Crippen LogP contribution in [0.15, 0.2) is 18.2 Å². The molecule has 1 N–H and O–H groups in total. The molecule has 0 aliphatic rings. The van der Waals surface area contributed by atoms with Gasteiger partial charge < -0.3 is 9.84 Å². The molecule has 0 fully saturated rings. The maximum atomic E-state index is 12.8. The summed E-state index contributed by atoms with van der Waals surface area (Å²) in [5.41, 5.74) is 0.306. The fourth-order valence-electron chi connectivity index (χ4n) is 1.03. The van der Waals surface area contributed by atoms with Crippen LogP contribution >= 0.6 is 0 Å². The van der Waals surface area contributed by atoms with E-state index in [1.54, 1.807) is 0 Å². The Hall–Kier alpha value is -1.91. The van der Waals surface area contributed by atoms with Crippen LogP contribution in [-0.4, -0.2) is 24.0 Å². The molecule has 0 radical (unpaired) electrons. The van der Waals surface area contributed by atoms with Crippen molar-refractivity contribution in [2.75, 3.05) is 7.11 Å². The second-order valence-corrected chi connectivity index (χ2v) is 2.88. The number of methoxy groups -OCH3 is 1. The smallest absolute Gasteiger partial charge is 0.374 e. The Morgan fingerprint density at radius 1 is 1.47 bits per heavy atom. The van der Waals surface area contributed by atoms with E-state index in [0.29, 0.717) is 5.56 Å². The summed E-state index contributed by atoms with van der Waals surface area (Å²) in [7, 11) is 1.09. The van der Waals surface area contributed by atoms with Crippen LogP contribution in [0, 0.1) is 5.82 Å². The minimum atomic E-state index is -0.969. The Bertz CT molecular complexity index is 400. The topological polar surface area (TPSA) is 63.6 Å². The van der Waals surface area contributed by atoms with Gasteiger partial charge in [0.15, 0.2) is 11.6 Å². The monoisotopic (exact) mass is 212 g/mol. The Balaban J connectivity index is 2.77. The van der Waals surface area contributed by atoms with Crippen molar-refractivity contribution in [1.82, 2.24) is 0 Å². The van der Waals surface area contributed by atoms with Gasteiger partial charge in [-0.15, -0.1) is 0 Å². The van der Waals surface area contributed by atoms with Crippen molar-refractivity contribution in [3.8, 4) is 5.75 Å². The number of Topliss-reactive ketones (excluding diaryl/α,β-unsaturated/α-hetero) is 1. The third kappa shape index (κ3) is 2.77. The van der Waals surface area contributed by atoms with Gasteiger partial charge in [-0.2, -0.15) is 0 Å². The van der Waals surface area contributed by atoms with Crippen LogP contribution in [0.2, 0.25) is 0 Å². The number of phenolic OH excluding ortho intramolecular Hbond substituents is 1. The number of hydrogen-bond donors (Lipinski definition) is 1. The number of rotatable bonds is 3. The number of ether oxygens (including phenoxy) is 1. The maximum absolute atomic E-state index is 12.8. The molecule has 0 bridgehead atoms. The van der Waals surface area contributed by atoms with Gasteiger partial charge in [0.2, 0.25) is 5.78 Å². The van der Waals surface area contributed by atoms with E-state index in [1.165, 1.54) is 6.07 Å². The molecule has 1 aromatic carbocycles. The summed E-state index contributed by atoms with van der Waals surface area (Å²) in [4.78, 5) is 21.8. The van der Waals surface area contributed by atoms with Gasteiger partial charge in [0.05, 0.1) is 7.11 Å².